The van der Waals surface area contributed by atoms with E-state index in [1.165, 1.54) is 5.56 Å². The van der Waals surface area contributed by atoms with Gasteiger partial charge in [-0.25, -0.2) is 9.97 Å². The first-order valence-electron chi connectivity index (χ1n) is 9.07. The van der Waals surface area contributed by atoms with E-state index in [-0.39, 0.29) is 5.91 Å². The van der Waals surface area contributed by atoms with Crippen molar-refractivity contribution in [1.29, 1.82) is 0 Å². The lowest BCUT2D eigenvalue weighted by Crippen LogP contribution is -2.38. The first-order valence-corrected chi connectivity index (χ1v) is 10.1. The molecule has 4 rings (SSSR count). The molecule has 0 radical (unpaired) electrons. The molecule has 1 aromatic carbocycles. The van der Waals surface area contributed by atoms with Gasteiger partial charge in [0.15, 0.2) is 0 Å². The number of aromatic nitrogens is 4. The summed E-state index contributed by atoms with van der Waals surface area (Å²) in [6, 6.07) is 13.8. The summed E-state index contributed by atoms with van der Waals surface area (Å²) in [5.41, 5.74) is 1.94. The summed E-state index contributed by atoms with van der Waals surface area (Å²) < 4.78 is 0. The highest BCUT2D eigenvalue weighted by molar-refractivity contribution is 7.98. The van der Waals surface area contributed by atoms with E-state index in [0.29, 0.717) is 5.92 Å². The van der Waals surface area contributed by atoms with Crippen LogP contribution in [0.4, 0.5) is 0 Å². The molecule has 6 nitrogen and oxygen atoms in total. The second kappa shape index (κ2) is 8.35. The molecule has 0 bridgehead atoms. The number of nitrogens with one attached hydrogen (secondary N) is 1. The molecule has 0 unspecified atom stereocenters. The van der Waals surface area contributed by atoms with Gasteiger partial charge in [0.2, 0.25) is 0 Å². The highest BCUT2D eigenvalue weighted by Crippen LogP contribution is 2.26. The van der Waals surface area contributed by atoms with Crippen LogP contribution in [0.2, 0.25) is 0 Å². The lowest BCUT2D eigenvalue weighted by molar-refractivity contribution is 0.0711. The molecule has 0 saturated carbocycles. The largest absolute Gasteiger partial charge is 0.339 e. The fraction of sp³-hybridized carbons (Fsp3) is 0.300. The molecule has 1 aliphatic rings. The smallest absolute Gasteiger partial charge is 0.253 e. The molecule has 1 fully saturated rings. The Hall–Kier alpha value is -2.67. The molecule has 1 saturated heterocycles. The average Bonchev–Trinajstić information content (AvgIpc) is 3.28. The van der Waals surface area contributed by atoms with Gasteiger partial charge in [-0.1, -0.05) is 18.2 Å². The molecular formula is C20H21N5OS. The van der Waals surface area contributed by atoms with E-state index in [9.17, 15) is 4.79 Å². The SMILES string of the molecule is O=C(c1ccc(CSc2ccccn2)cc1)N1CCC(c2ncn[nH]2)CC1. The number of H-pyrrole nitrogens is 1. The summed E-state index contributed by atoms with van der Waals surface area (Å²) >= 11 is 1.69. The van der Waals surface area contributed by atoms with E-state index < -0.39 is 0 Å². The fourth-order valence-electron chi connectivity index (χ4n) is 3.28. The van der Waals surface area contributed by atoms with Gasteiger partial charge in [-0.3, -0.25) is 9.89 Å². The first-order chi connectivity index (χ1) is 13.3. The van der Waals surface area contributed by atoms with E-state index in [1.807, 2.05) is 47.4 Å². The molecule has 7 heteroatoms. The Bertz CT molecular complexity index is 859. The highest BCUT2D eigenvalue weighted by atomic mass is 32.2. The normalized spacial score (nSPS) is 15.0. The van der Waals surface area contributed by atoms with Crippen molar-refractivity contribution in [3.63, 3.8) is 0 Å². The molecule has 138 valence electrons. The van der Waals surface area contributed by atoms with Gasteiger partial charge in [0, 0.05) is 36.5 Å². The second-order valence-electron chi connectivity index (χ2n) is 6.59. The maximum Gasteiger partial charge on any atom is 0.253 e. The lowest BCUT2D eigenvalue weighted by Gasteiger charge is -2.31. The van der Waals surface area contributed by atoms with Crippen LogP contribution in [-0.2, 0) is 5.75 Å². The van der Waals surface area contributed by atoms with Crippen molar-refractivity contribution in [2.45, 2.75) is 29.5 Å². The summed E-state index contributed by atoms with van der Waals surface area (Å²) in [5.74, 6) is 2.24. The number of benzene rings is 1. The first kappa shape index (κ1) is 17.7. The number of aromatic amines is 1. The van der Waals surface area contributed by atoms with Gasteiger partial charge in [-0.05, 0) is 42.7 Å². The number of nitrogens with zero attached hydrogens (tertiary/aromatic N) is 4. The van der Waals surface area contributed by atoms with Crippen molar-refractivity contribution in [1.82, 2.24) is 25.1 Å². The molecular weight excluding hydrogens is 358 g/mol. The van der Waals surface area contributed by atoms with Crippen LogP contribution >= 0.6 is 11.8 Å². The Labute approximate surface area is 162 Å². The number of thioether (sulfide) groups is 1. The van der Waals surface area contributed by atoms with Crippen LogP contribution in [0.5, 0.6) is 0 Å². The van der Waals surface area contributed by atoms with E-state index >= 15 is 0 Å². The number of hydrogen-bond acceptors (Lipinski definition) is 5. The molecule has 1 aliphatic heterocycles. The van der Waals surface area contributed by atoms with Gasteiger partial charge < -0.3 is 4.90 Å². The minimum absolute atomic E-state index is 0.106. The summed E-state index contributed by atoms with van der Waals surface area (Å²) in [6.07, 6.45) is 5.18. The van der Waals surface area contributed by atoms with Crippen LogP contribution in [-0.4, -0.2) is 44.1 Å². The van der Waals surface area contributed by atoms with E-state index in [4.69, 9.17) is 0 Å². The van der Waals surface area contributed by atoms with Crippen LogP contribution in [0.15, 0.2) is 60.0 Å². The standard InChI is InChI=1S/C20H21N5OS/c26-20(25-11-8-16(9-12-25)19-22-14-23-24-19)17-6-4-15(5-7-17)13-27-18-3-1-2-10-21-18/h1-7,10,14,16H,8-9,11-13H2,(H,22,23,24). The topological polar surface area (TPSA) is 74.8 Å². The van der Waals surface area contributed by atoms with Gasteiger partial charge in [-0.2, -0.15) is 5.10 Å². The van der Waals surface area contributed by atoms with Crippen LogP contribution in [0, 0.1) is 0 Å². The second-order valence-corrected chi connectivity index (χ2v) is 7.59. The highest BCUT2D eigenvalue weighted by Gasteiger charge is 2.25. The number of pyridine rings is 1. The molecule has 27 heavy (non-hydrogen) atoms. The van der Waals surface area contributed by atoms with E-state index in [1.54, 1.807) is 24.3 Å². The molecule has 3 heterocycles. The average molecular weight is 379 g/mol. The third kappa shape index (κ3) is 4.36. The van der Waals surface area contributed by atoms with Crippen molar-refractivity contribution < 1.29 is 4.79 Å². The maximum absolute atomic E-state index is 12.8. The van der Waals surface area contributed by atoms with Crippen molar-refractivity contribution in [2.24, 2.45) is 0 Å². The Balaban J connectivity index is 1.31. The summed E-state index contributed by atoms with van der Waals surface area (Å²) in [4.78, 5) is 23.3. The predicted molar refractivity (Wildman–Crippen MR) is 105 cm³/mol. The van der Waals surface area contributed by atoms with Gasteiger partial charge in [-0.15, -0.1) is 11.8 Å². The van der Waals surface area contributed by atoms with Crippen LogP contribution < -0.4 is 0 Å². The van der Waals surface area contributed by atoms with Crippen LogP contribution in [0.25, 0.3) is 0 Å². The maximum atomic E-state index is 12.8. The van der Waals surface area contributed by atoms with Gasteiger partial charge in [0.25, 0.3) is 5.91 Å². The molecule has 1 amide bonds. The minimum atomic E-state index is 0.106. The number of piperidine rings is 1. The summed E-state index contributed by atoms with van der Waals surface area (Å²) in [6.45, 7) is 1.50. The number of rotatable bonds is 5. The molecule has 0 spiro atoms. The predicted octanol–water partition coefficient (Wildman–Crippen LogP) is 3.51. The summed E-state index contributed by atoms with van der Waals surface area (Å²) in [7, 11) is 0. The number of hydrogen-bond donors (Lipinski definition) is 1. The third-order valence-electron chi connectivity index (χ3n) is 4.83. The minimum Gasteiger partial charge on any atom is -0.339 e. The molecule has 0 atom stereocenters. The number of carbonyl (C=O) groups is 1. The van der Waals surface area contributed by atoms with E-state index in [0.717, 1.165) is 48.1 Å². The molecule has 3 aromatic rings. The van der Waals surface area contributed by atoms with Gasteiger partial charge in [0.1, 0.15) is 12.2 Å². The fourth-order valence-corrected chi connectivity index (χ4v) is 4.10. The van der Waals surface area contributed by atoms with E-state index in [2.05, 4.69) is 20.2 Å². The zero-order valence-electron chi connectivity index (χ0n) is 14.9. The lowest BCUT2D eigenvalue weighted by atomic mass is 9.95. The van der Waals surface area contributed by atoms with Crippen molar-refractivity contribution >= 4 is 17.7 Å². The number of likely N-dealkylation sites (tertiary alicyclic amines) is 1. The molecule has 2 aromatic heterocycles. The van der Waals surface area contributed by atoms with Gasteiger partial charge in [0.05, 0.1) is 5.03 Å². The number of carbonyl (C=O) groups excluding carboxylic acids is 1. The Kier molecular flexibility index (Phi) is 5.48. The molecule has 0 aliphatic carbocycles. The Morgan fingerprint density at radius 2 is 1.93 bits per heavy atom. The summed E-state index contributed by atoms with van der Waals surface area (Å²) in [5, 5.41) is 7.87. The van der Waals surface area contributed by atoms with Crippen molar-refractivity contribution in [3.8, 4) is 0 Å². The Morgan fingerprint density at radius 3 is 2.59 bits per heavy atom. The van der Waals surface area contributed by atoms with Crippen molar-refractivity contribution in [2.75, 3.05) is 13.1 Å². The molecule has 1 N–H and O–H groups in total. The van der Waals surface area contributed by atoms with Gasteiger partial charge >= 0.3 is 0 Å². The number of amides is 1. The van der Waals surface area contributed by atoms with Crippen molar-refractivity contribution in [3.05, 3.63) is 71.9 Å². The monoisotopic (exact) mass is 379 g/mol. The third-order valence-corrected chi connectivity index (χ3v) is 5.84. The quantitative estimate of drug-likeness (QED) is 0.687. The zero-order chi connectivity index (χ0) is 18.5. The van der Waals surface area contributed by atoms with Crippen LogP contribution in [0.3, 0.4) is 0 Å². The Morgan fingerprint density at radius 1 is 1.11 bits per heavy atom. The zero-order valence-corrected chi connectivity index (χ0v) is 15.7. The van der Waals surface area contributed by atoms with Crippen LogP contribution in [0.1, 0.15) is 40.5 Å².